The van der Waals surface area contributed by atoms with Gasteiger partial charge in [-0.15, -0.1) is 0 Å². The SMILES string of the molecule is Cn1ccnc1CNc1ccnn1C. The number of aryl methyl sites for hydroxylation is 2. The second kappa shape index (κ2) is 3.53. The fourth-order valence-corrected chi connectivity index (χ4v) is 1.28. The van der Waals surface area contributed by atoms with Crippen molar-refractivity contribution in [3.05, 3.63) is 30.5 Å². The number of aromatic nitrogens is 4. The summed E-state index contributed by atoms with van der Waals surface area (Å²) in [6.07, 6.45) is 5.49. The molecule has 2 aromatic heterocycles. The molecule has 14 heavy (non-hydrogen) atoms. The van der Waals surface area contributed by atoms with Crippen LogP contribution in [0.25, 0.3) is 0 Å². The van der Waals surface area contributed by atoms with Crippen molar-refractivity contribution in [2.24, 2.45) is 14.1 Å². The van der Waals surface area contributed by atoms with Gasteiger partial charge in [-0.25, -0.2) is 4.98 Å². The highest BCUT2D eigenvalue weighted by Gasteiger charge is 2.00. The Morgan fingerprint density at radius 1 is 1.36 bits per heavy atom. The van der Waals surface area contributed by atoms with Crippen LogP contribution in [0.3, 0.4) is 0 Å². The van der Waals surface area contributed by atoms with Crippen LogP contribution < -0.4 is 5.32 Å². The van der Waals surface area contributed by atoms with Crippen LogP contribution in [0.1, 0.15) is 5.82 Å². The number of imidazole rings is 1. The van der Waals surface area contributed by atoms with Gasteiger partial charge in [-0.3, -0.25) is 4.68 Å². The molecule has 5 nitrogen and oxygen atoms in total. The molecular formula is C9H13N5. The van der Waals surface area contributed by atoms with E-state index >= 15 is 0 Å². The van der Waals surface area contributed by atoms with Crippen LogP contribution in [0.2, 0.25) is 0 Å². The van der Waals surface area contributed by atoms with Crippen molar-refractivity contribution in [1.82, 2.24) is 19.3 Å². The Morgan fingerprint density at radius 3 is 2.79 bits per heavy atom. The van der Waals surface area contributed by atoms with Crippen molar-refractivity contribution >= 4 is 5.82 Å². The third kappa shape index (κ3) is 1.61. The van der Waals surface area contributed by atoms with Gasteiger partial charge in [-0.1, -0.05) is 0 Å². The number of rotatable bonds is 3. The number of nitrogens with one attached hydrogen (secondary N) is 1. The minimum absolute atomic E-state index is 0.711. The molecule has 0 radical (unpaired) electrons. The van der Waals surface area contributed by atoms with E-state index in [1.165, 1.54) is 0 Å². The first-order valence-corrected chi connectivity index (χ1v) is 4.45. The molecule has 74 valence electrons. The van der Waals surface area contributed by atoms with Crippen LogP contribution in [-0.2, 0) is 20.6 Å². The molecule has 0 saturated heterocycles. The Labute approximate surface area is 82.4 Å². The van der Waals surface area contributed by atoms with Crippen molar-refractivity contribution in [3.8, 4) is 0 Å². The summed E-state index contributed by atoms with van der Waals surface area (Å²) in [6.45, 7) is 0.711. The Bertz CT molecular complexity index is 374. The smallest absolute Gasteiger partial charge is 0.127 e. The largest absolute Gasteiger partial charge is 0.363 e. The minimum atomic E-state index is 0.711. The monoisotopic (exact) mass is 191 g/mol. The Kier molecular flexibility index (Phi) is 2.22. The molecule has 0 unspecified atom stereocenters. The summed E-state index contributed by atoms with van der Waals surface area (Å²) in [4.78, 5) is 4.22. The maximum atomic E-state index is 4.22. The lowest BCUT2D eigenvalue weighted by molar-refractivity contribution is 0.756. The van der Waals surface area contributed by atoms with Gasteiger partial charge in [0.25, 0.3) is 0 Å². The lowest BCUT2D eigenvalue weighted by atomic mass is 10.5. The molecule has 0 spiro atoms. The van der Waals surface area contributed by atoms with Gasteiger partial charge in [0.15, 0.2) is 0 Å². The van der Waals surface area contributed by atoms with Gasteiger partial charge in [0.05, 0.1) is 12.7 Å². The summed E-state index contributed by atoms with van der Waals surface area (Å²) in [5.74, 6) is 2.00. The average molecular weight is 191 g/mol. The highest BCUT2D eigenvalue weighted by molar-refractivity contribution is 5.33. The van der Waals surface area contributed by atoms with Gasteiger partial charge in [0.1, 0.15) is 11.6 Å². The normalized spacial score (nSPS) is 10.4. The molecule has 0 bridgehead atoms. The van der Waals surface area contributed by atoms with E-state index in [1.807, 2.05) is 30.9 Å². The topological polar surface area (TPSA) is 47.7 Å². The van der Waals surface area contributed by atoms with Crippen molar-refractivity contribution in [1.29, 1.82) is 0 Å². The quantitative estimate of drug-likeness (QED) is 0.779. The lowest BCUT2D eigenvalue weighted by Crippen LogP contribution is -2.08. The van der Waals surface area contributed by atoms with Crippen LogP contribution in [0.5, 0.6) is 0 Å². The van der Waals surface area contributed by atoms with Crippen LogP contribution in [0.4, 0.5) is 5.82 Å². The predicted octanol–water partition coefficient (Wildman–Crippen LogP) is 0.766. The molecule has 0 saturated carbocycles. The summed E-state index contributed by atoms with van der Waals surface area (Å²) in [5.41, 5.74) is 0. The van der Waals surface area contributed by atoms with Gasteiger partial charge in [0.2, 0.25) is 0 Å². The van der Waals surface area contributed by atoms with E-state index in [2.05, 4.69) is 15.4 Å². The van der Waals surface area contributed by atoms with Gasteiger partial charge < -0.3 is 9.88 Å². The average Bonchev–Trinajstić information content (AvgIpc) is 2.72. The van der Waals surface area contributed by atoms with Crippen molar-refractivity contribution in [2.75, 3.05) is 5.32 Å². The summed E-state index contributed by atoms with van der Waals surface area (Å²) in [5, 5.41) is 7.32. The minimum Gasteiger partial charge on any atom is -0.363 e. The van der Waals surface area contributed by atoms with Gasteiger partial charge in [0, 0.05) is 32.6 Å². The molecule has 0 aliphatic carbocycles. The van der Waals surface area contributed by atoms with E-state index < -0.39 is 0 Å². The van der Waals surface area contributed by atoms with Crippen molar-refractivity contribution in [3.63, 3.8) is 0 Å². The third-order valence-corrected chi connectivity index (χ3v) is 2.17. The first-order chi connectivity index (χ1) is 6.77. The van der Waals surface area contributed by atoms with E-state index in [4.69, 9.17) is 0 Å². The summed E-state index contributed by atoms with van der Waals surface area (Å²) >= 11 is 0. The fourth-order valence-electron chi connectivity index (χ4n) is 1.28. The summed E-state index contributed by atoms with van der Waals surface area (Å²) < 4.78 is 3.78. The molecule has 2 heterocycles. The zero-order valence-corrected chi connectivity index (χ0v) is 8.31. The van der Waals surface area contributed by atoms with E-state index in [9.17, 15) is 0 Å². The van der Waals surface area contributed by atoms with Crippen LogP contribution in [0.15, 0.2) is 24.7 Å². The maximum Gasteiger partial charge on any atom is 0.127 e. The highest BCUT2D eigenvalue weighted by atomic mass is 15.3. The second-order valence-corrected chi connectivity index (χ2v) is 3.15. The van der Waals surface area contributed by atoms with Crippen molar-refractivity contribution < 1.29 is 0 Å². The van der Waals surface area contributed by atoms with Crippen LogP contribution in [-0.4, -0.2) is 19.3 Å². The maximum absolute atomic E-state index is 4.22. The molecule has 2 rings (SSSR count). The molecule has 0 aromatic carbocycles. The molecule has 1 N–H and O–H groups in total. The van der Waals surface area contributed by atoms with Gasteiger partial charge in [-0.2, -0.15) is 5.10 Å². The van der Waals surface area contributed by atoms with E-state index in [-0.39, 0.29) is 0 Å². The standard InChI is InChI=1S/C9H13N5/c1-13-6-5-10-9(13)7-11-8-3-4-12-14(8)2/h3-6,11H,7H2,1-2H3. The molecule has 5 heteroatoms. The first-order valence-electron chi connectivity index (χ1n) is 4.45. The third-order valence-electron chi connectivity index (χ3n) is 2.17. The molecule has 0 aliphatic rings. The summed E-state index contributed by atoms with van der Waals surface area (Å²) in [7, 11) is 3.88. The zero-order chi connectivity index (χ0) is 9.97. The number of anilines is 1. The van der Waals surface area contributed by atoms with E-state index in [0.717, 1.165) is 11.6 Å². The Balaban J connectivity index is 2.02. The van der Waals surface area contributed by atoms with Gasteiger partial charge in [-0.05, 0) is 0 Å². The van der Waals surface area contributed by atoms with Crippen LogP contribution in [0, 0.1) is 0 Å². The number of nitrogens with zero attached hydrogens (tertiary/aromatic N) is 4. The van der Waals surface area contributed by atoms with Gasteiger partial charge >= 0.3 is 0 Å². The fraction of sp³-hybridized carbons (Fsp3) is 0.333. The van der Waals surface area contributed by atoms with Crippen LogP contribution >= 0.6 is 0 Å². The molecule has 0 fully saturated rings. The Hall–Kier alpha value is -1.78. The Morgan fingerprint density at radius 2 is 2.21 bits per heavy atom. The zero-order valence-electron chi connectivity index (χ0n) is 8.31. The molecule has 0 amide bonds. The highest BCUT2D eigenvalue weighted by Crippen LogP contribution is 2.05. The predicted molar refractivity (Wildman–Crippen MR) is 53.7 cm³/mol. The van der Waals surface area contributed by atoms with E-state index in [0.29, 0.717) is 6.54 Å². The summed E-state index contributed by atoms with van der Waals surface area (Å²) in [6, 6.07) is 1.93. The number of hydrogen-bond acceptors (Lipinski definition) is 3. The molecule has 0 atom stereocenters. The first kappa shape index (κ1) is 8.80. The molecule has 0 aliphatic heterocycles. The van der Waals surface area contributed by atoms with Crippen molar-refractivity contribution in [2.45, 2.75) is 6.54 Å². The lowest BCUT2D eigenvalue weighted by Gasteiger charge is -2.05. The second-order valence-electron chi connectivity index (χ2n) is 3.15. The molecular weight excluding hydrogens is 178 g/mol. The number of hydrogen-bond donors (Lipinski definition) is 1. The van der Waals surface area contributed by atoms with E-state index in [1.54, 1.807) is 17.1 Å². The molecule has 2 aromatic rings.